The molecule has 0 radical (unpaired) electrons. The third-order valence-corrected chi connectivity index (χ3v) is 1.96. The number of nitrogens with zero attached hydrogens (tertiary/aromatic N) is 1. The summed E-state index contributed by atoms with van der Waals surface area (Å²) >= 11 is 0. The van der Waals surface area contributed by atoms with E-state index in [1.54, 1.807) is 5.43 Å². The summed E-state index contributed by atoms with van der Waals surface area (Å²) < 4.78 is 47.3. The zero-order valence-corrected chi connectivity index (χ0v) is 10.2. The van der Waals surface area contributed by atoms with Gasteiger partial charge in [0.15, 0.2) is 5.76 Å². The number of ether oxygens (including phenoxy) is 1. The number of nitrogens with one attached hydrogen (secondary N) is 1. The van der Waals surface area contributed by atoms with Crippen molar-refractivity contribution >= 4 is 18.2 Å². The monoisotopic (exact) mass is 293 g/mol. The lowest BCUT2D eigenvalue weighted by Gasteiger charge is -2.06. The molecule has 0 aromatic carbocycles. The summed E-state index contributed by atoms with van der Waals surface area (Å²) in [5.41, 5.74) is 4.35. The standard InChI is InChI=1S/C10H10F3N3O4/c1-2-19-8(17)7-5(10(11,12)13)4-20-6(7)3-15-16-9(14)18/h3-4H,2H2,1H3,(H3,14,16,18)/b15-3+. The highest BCUT2D eigenvalue weighted by molar-refractivity contribution is 5.99. The minimum Gasteiger partial charge on any atom is -0.462 e. The summed E-state index contributed by atoms with van der Waals surface area (Å²) in [4.78, 5) is 21.9. The lowest BCUT2D eigenvalue weighted by molar-refractivity contribution is -0.138. The number of amides is 2. The Labute approximate surface area is 110 Å². The van der Waals surface area contributed by atoms with E-state index in [1.807, 2.05) is 0 Å². The van der Waals surface area contributed by atoms with Crippen LogP contribution in [-0.4, -0.2) is 24.8 Å². The number of esters is 1. The van der Waals surface area contributed by atoms with Gasteiger partial charge in [0.2, 0.25) is 0 Å². The number of carbonyl (C=O) groups is 2. The van der Waals surface area contributed by atoms with Gasteiger partial charge < -0.3 is 14.9 Å². The molecule has 110 valence electrons. The average molecular weight is 293 g/mol. The molecule has 1 rings (SSSR count). The molecule has 1 aromatic heterocycles. The molecule has 0 spiro atoms. The second-order valence-electron chi connectivity index (χ2n) is 3.34. The molecule has 0 aliphatic carbocycles. The first-order valence-electron chi connectivity index (χ1n) is 5.21. The van der Waals surface area contributed by atoms with E-state index in [1.165, 1.54) is 6.92 Å². The van der Waals surface area contributed by atoms with Gasteiger partial charge >= 0.3 is 18.2 Å². The normalized spacial score (nSPS) is 11.6. The molecular weight excluding hydrogens is 283 g/mol. The molecule has 0 saturated heterocycles. The van der Waals surface area contributed by atoms with Crippen molar-refractivity contribution in [1.29, 1.82) is 0 Å². The van der Waals surface area contributed by atoms with E-state index in [4.69, 9.17) is 5.73 Å². The van der Waals surface area contributed by atoms with Crippen LogP contribution in [0.1, 0.15) is 28.6 Å². The van der Waals surface area contributed by atoms with E-state index in [-0.39, 0.29) is 6.61 Å². The van der Waals surface area contributed by atoms with Gasteiger partial charge in [-0.3, -0.25) is 0 Å². The van der Waals surface area contributed by atoms with Crippen LogP contribution >= 0.6 is 0 Å². The van der Waals surface area contributed by atoms with Crippen LogP contribution in [0.2, 0.25) is 0 Å². The van der Waals surface area contributed by atoms with Gasteiger partial charge in [0.25, 0.3) is 0 Å². The molecule has 0 saturated carbocycles. The molecule has 10 heteroatoms. The van der Waals surface area contributed by atoms with E-state index in [0.29, 0.717) is 12.5 Å². The highest BCUT2D eigenvalue weighted by Crippen LogP contribution is 2.34. The van der Waals surface area contributed by atoms with Gasteiger partial charge in [-0.1, -0.05) is 0 Å². The molecule has 0 aliphatic rings. The first kappa shape index (κ1) is 15.5. The minimum atomic E-state index is -4.80. The van der Waals surface area contributed by atoms with Crippen LogP contribution in [0.5, 0.6) is 0 Å². The van der Waals surface area contributed by atoms with Gasteiger partial charge in [-0.15, -0.1) is 0 Å². The Balaban J connectivity index is 3.18. The molecule has 3 N–H and O–H groups in total. The van der Waals surface area contributed by atoms with Crippen LogP contribution in [0, 0.1) is 0 Å². The fraction of sp³-hybridized carbons (Fsp3) is 0.300. The highest BCUT2D eigenvalue weighted by Gasteiger charge is 2.39. The van der Waals surface area contributed by atoms with Crippen molar-refractivity contribution in [1.82, 2.24) is 5.43 Å². The predicted molar refractivity (Wildman–Crippen MR) is 60.0 cm³/mol. The van der Waals surface area contributed by atoms with Crippen molar-refractivity contribution in [2.75, 3.05) is 6.61 Å². The maximum atomic E-state index is 12.7. The molecule has 1 aromatic rings. The van der Waals surface area contributed by atoms with Crippen LogP contribution < -0.4 is 11.2 Å². The number of hydrogen-bond donors (Lipinski definition) is 2. The number of halogens is 3. The van der Waals surface area contributed by atoms with Gasteiger partial charge in [0.05, 0.1) is 12.8 Å². The summed E-state index contributed by atoms with van der Waals surface area (Å²) in [7, 11) is 0. The number of hydrazone groups is 1. The van der Waals surface area contributed by atoms with Crippen LogP contribution in [-0.2, 0) is 10.9 Å². The number of urea groups is 1. The van der Waals surface area contributed by atoms with Gasteiger partial charge in [-0.25, -0.2) is 15.0 Å². The van der Waals surface area contributed by atoms with Crippen molar-refractivity contribution in [3.63, 3.8) is 0 Å². The van der Waals surface area contributed by atoms with Crippen molar-refractivity contribution in [3.8, 4) is 0 Å². The minimum absolute atomic E-state index is 0.114. The van der Waals surface area contributed by atoms with Crippen molar-refractivity contribution < 1.29 is 31.9 Å². The number of furan rings is 1. The summed E-state index contributed by atoms with van der Waals surface area (Å²) in [6, 6.07) is -1.03. The Bertz CT molecular complexity index is 536. The summed E-state index contributed by atoms with van der Waals surface area (Å²) in [6.07, 6.45) is -3.72. The largest absolute Gasteiger partial charge is 0.462 e. The number of nitrogens with two attached hydrogens (primary N) is 1. The summed E-state index contributed by atoms with van der Waals surface area (Å²) in [6.45, 7) is 1.32. The maximum Gasteiger partial charge on any atom is 0.420 e. The summed E-state index contributed by atoms with van der Waals surface area (Å²) in [5, 5.41) is 3.22. The number of hydrogen-bond acceptors (Lipinski definition) is 5. The fourth-order valence-corrected chi connectivity index (χ4v) is 1.24. The predicted octanol–water partition coefficient (Wildman–Crippen LogP) is 1.48. The second-order valence-corrected chi connectivity index (χ2v) is 3.34. The smallest absolute Gasteiger partial charge is 0.420 e. The average Bonchev–Trinajstić information content (AvgIpc) is 2.72. The Hall–Kier alpha value is -2.52. The first-order valence-corrected chi connectivity index (χ1v) is 5.21. The van der Waals surface area contributed by atoms with Crippen molar-refractivity contribution in [2.24, 2.45) is 10.8 Å². The van der Waals surface area contributed by atoms with Crippen LogP contribution in [0.25, 0.3) is 0 Å². The van der Waals surface area contributed by atoms with Crippen LogP contribution in [0.15, 0.2) is 15.8 Å². The number of rotatable bonds is 4. The van der Waals surface area contributed by atoms with E-state index in [0.717, 1.165) is 0 Å². The first-order chi connectivity index (χ1) is 9.27. The molecule has 0 fully saturated rings. The zero-order valence-electron chi connectivity index (χ0n) is 10.2. The molecule has 20 heavy (non-hydrogen) atoms. The molecule has 0 atom stereocenters. The fourth-order valence-electron chi connectivity index (χ4n) is 1.24. The SMILES string of the molecule is CCOC(=O)c1c(C(F)(F)F)coc1/C=N/NC(N)=O. The maximum absolute atomic E-state index is 12.7. The Morgan fingerprint density at radius 2 is 2.20 bits per heavy atom. The lowest BCUT2D eigenvalue weighted by Crippen LogP contribution is -2.24. The molecule has 1 heterocycles. The Morgan fingerprint density at radius 1 is 1.55 bits per heavy atom. The Morgan fingerprint density at radius 3 is 2.70 bits per heavy atom. The van der Waals surface area contributed by atoms with E-state index >= 15 is 0 Å². The van der Waals surface area contributed by atoms with Crippen molar-refractivity contribution in [3.05, 3.63) is 23.2 Å². The van der Waals surface area contributed by atoms with Gasteiger partial charge in [0.1, 0.15) is 17.4 Å². The van der Waals surface area contributed by atoms with Crippen LogP contribution in [0.3, 0.4) is 0 Å². The lowest BCUT2D eigenvalue weighted by atomic mass is 10.1. The third kappa shape index (κ3) is 3.73. The molecule has 0 aliphatic heterocycles. The molecule has 0 bridgehead atoms. The van der Waals surface area contributed by atoms with Gasteiger partial charge in [0, 0.05) is 0 Å². The number of alkyl halides is 3. The van der Waals surface area contributed by atoms with Gasteiger partial charge in [-0.2, -0.15) is 18.3 Å². The Kier molecular flexibility index (Phi) is 4.73. The molecule has 7 nitrogen and oxygen atoms in total. The number of primary amides is 1. The van der Waals surface area contributed by atoms with E-state index in [2.05, 4.69) is 14.3 Å². The van der Waals surface area contributed by atoms with E-state index in [9.17, 15) is 22.8 Å². The van der Waals surface area contributed by atoms with E-state index < -0.39 is 35.1 Å². The molecule has 2 amide bonds. The topological polar surface area (TPSA) is 107 Å². The van der Waals surface area contributed by atoms with Gasteiger partial charge in [-0.05, 0) is 6.92 Å². The highest BCUT2D eigenvalue weighted by atomic mass is 19.4. The summed E-state index contributed by atoms with van der Waals surface area (Å²) in [5.74, 6) is -1.72. The quantitative estimate of drug-likeness (QED) is 0.498. The second kappa shape index (κ2) is 6.08. The van der Waals surface area contributed by atoms with Crippen molar-refractivity contribution in [2.45, 2.75) is 13.1 Å². The molecule has 0 unspecified atom stereocenters. The van der Waals surface area contributed by atoms with Crippen LogP contribution in [0.4, 0.5) is 18.0 Å². The molecular formula is C10H10F3N3O4. The number of carbonyl (C=O) groups excluding carboxylic acids is 2. The third-order valence-electron chi connectivity index (χ3n) is 1.96. The zero-order chi connectivity index (χ0) is 15.3.